The van der Waals surface area contributed by atoms with E-state index in [9.17, 15) is 9.59 Å². The number of rotatable bonds is 6. The Balaban J connectivity index is 1.58. The van der Waals surface area contributed by atoms with Gasteiger partial charge in [0.15, 0.2) is 0 Å². The molecule has 3 aromatic rings. The number of aromatic nitrogens is 2. The van der Waals surface area contributed by atoms with E-state index in [-0.39, 0.29) is 18.1 Å². The van der Waals surface area contributed by atoms with Crippen LogP contribution in [0.5, 0.6) is 0 Å². The third-order valence-corrected chi connectivity index (χ3v) is 3.47. The molecule has 2 aromatic heterocycles. The summed E-state index contributed by atoms with van der Waals surface area (Å²) in [6.45, 7) is 0.278. The highest BCUT2D eigenvalue weighted by Gasteiger charge is 2.09. The summed E-state index contributed by atoms with van der Waals surface area (Å²) in [5.41, 5.74) is 1.37. The lowest BCUT2D eigenvalue weighted by atomic mass is 10.2. The van der Waals surface area contributed by atoms with E-state index in [1.54, 1.807) is 42.7 Å². The number of furan rings is 1. The van der Waals surface area contributed by atoms with Crippen molar-refractivity contribution in [2.24, 2.45) is 0 Å². The molecule has 0 saturated heterocycles. The summed E-state index contributed by atoms with van der Waals surface area (Å²) >= 11 is 0. The fourth-order valence-electron chi connectivity index (χ4n) is 2.14. The number of carbonyl (C=O) groups is 2. The minimum Gasteiger partial charge on any atom is -0.467 e. The minimum atomic E-state index is -0.402. The summed E-state index contributed by atoms with van der Waals surface area (Å²) in [5, 5.41) is 5.73. The predicted octanol–water partition coefficient (Wildman–Crippen LogP) is 2.53. The highest BCUT2D eigenvalue weighted by molar-refractivity contribution is 5.92. The van der Waals surface area contributed by atoms with E-state index in [2.05, 4.69) is 25.3 Å². The molecule has 0 aliphatic carbocycles. The third kappa shape index (κ3) is 4.23. The average Bonchev–Trinajstić information content (AvgIpc) is 3.20. The number of hydrogen-bond acceptors (Lipinski definition) is 7. The summed E-state index contributed by atoms with van der Waals surface area (Å²) in [5.74, 6) is 0.377. The molecule has 0 radical (unpaired) electrons. The topological polar surface area (TPSA) is 106 Å². The molecule has 2 N–H and O–H groups in total. The van der Waals surface area contributed by atoms with Crippen molar-refractivity contribution < 1.29 is 18.7 Å². The van der Waals surface area contributed by atoms with Crippen LogP contribution in [0.3, 0.4) is 0 Å². The summed E-state index contributed by atoms with van der Waals surface area (Å²) < 4.78 is 9.79. The molecule has 0 unspecified atom stereocenters. The zero-order chi connectivity index (χ0) is 18.4. The predicted molar refractivity (Wildman–Crippen MR) is 93.0 cm³/mol. The van der Waals surface area contributed by atoms with Crippen LogP contribution in [-0.4, -0.2) is 29.0 Å². The molecule has 26 heavy (non-hydrogen) atoms. The van der Waals surface area contributed by atoms with Crippen LogP contribution < -0.4 is 10.6 Å². The zero-order valence-corrected chi connectivity index (χ0v) is 13.9. The molecule has 8 nitrogen and oxygen atoms in total. The molecule has 0 spiro atoms. The molecule has 8 heteroatoms. The van der Waals surface area contributed by atoms with Crippen LogP contribution in [0.15, 0.2) is 59.5 Å². The lowest BCUT2D eigenvalue weighted by molar-refractivity contribution is 0.0600. The van der Waals surface area contributed by atoms with Gasteiger partial charge >= 0.3 is 5.97 Å². The van der Waals surface area contributed by atoms with Crippen molar-refractivity contribution in [2.75, 3.05) is 12.4 Å². The molecule has 1 aromatic carbocycles. The van der Waals surface area contributed by atoms with Gasteiger partial charge in [-0.15, -0.1) is 0 Å². The van der Waals surface area contributed by atoms with Gasteiger partial charge in [0.1, 0.15) is 17.3 Å². The first kappa shape index (κ1) is 17.2. The van der Waals surface area contributed by atoms with Crippen molar-refractivity contribution in [3.05, 3.63) is 72.1 Å². The maximum absolute atomic E-state index is 12.0. The van der Waals surface area contributed by atoms with Crippen molar-refractivity contribution in [2.45, 2.75) is 6.54 Å². The smallest absolute Gasteiger partial charge is 0.337 e. The van der Waals surface area contributed by atoms with Gasteiger partial charge in [0.05, 0.1) is 37.9 Å². The Morgan fingerprint density at radius 1 is 1.12 bits per heavy atom. The van der Waals surface area contributed by atoms with E-state index in [0.29, 0.717) is 17.1 Å². The number of ether oxygens (including phenoxy) is 1. The Hall–Kier alpha value is -3.68. The largest absolute Gasteiger partial charge is 0.467 e. The number of esters is 1. The Labute approximate surface area is 149 Å². The summed E-state index contributed by atoms with van der Waals surface area (Å²) in [6.07, 6.45) is 4.37. The zero-order valence-electron chi connectivity index (χ0n) is 13.9. The van der Waals surface area contributed by atoms with Crippen LogP contribution in [0.2, 0.25) is 0 Å². The van der Waals surface area contributed by atoms with Crippen LogP contribution in [0.1, 0.15) is 26.6 Å². The number of nitrogens with zero attached hydrogens (tertiary/aromatic N) is 2. The van der Waals surface area contributed by atoms with Crippen molar-refractivity contribution in [3.8, 4) is 0 Å². The van der Waals surface area contributed by atoms with Gasteiger partial charge in [-0.2, -0.15) is 0 Å². The maximum atomic E-state index is 12.0. The molecule has 0 bridgehead atoms. The van der Waals surface area contributed by atoms with Gasteiger partial charge in [0, 0.05) is 5.69 Å². The van der Waals surface area contributed by atoms with Gasteiger partial charge in [-0.25, -0.2) is 14.8 Å². The molecular weight excluding hydrogens is 336 g/mol. The summed E-state index contributed by atoms with van der Waals surface area (Å²) in [7, 11) is 1.33. The lowest BCUT2D eigenvalue weighted by Gasteiger charge is -2.07. The second-order valence-corrected chi connectivity index (χ2v) is 5.24. The normalized spacial score (nSPS) is 10.2. The number of benzene rings is 1. The average molecular weight is 352 g/mol. The first-order valence-electron chi connectivity index (χ1n) is 7.74. The monoisotopic (exact) mass is 352 g/mol. The quantitative estimate of drug-likeness (QED) is 0.657. The molecule has 0 aliphatic rings. The molecule has 1 amide bonds. The van der Waals surface area contributed by atoms with Gasteiger partial charge in [-0.3, -0.25) is 4.79 Å². The Morgan fingerprint density at radius 2 is 1.92 bits per heavy atom. The maximum Gasteiger partial charge on any atom is 0.337 e. The number of amides is 1. The van der Waals surface area contributed by atoms with E-state index in [4.69, 9.17) is 4.42 Å². The fraction of sp³-hybridized carbons (Fsp3) is 0.111. The fourth-order valence-corrected chi connectivity index (χ4v) is 2.14. The third-order valence-electron chi connectivity index (χ3n) is 3.47. The van der Waals surface area contributed by atoms with Crippen LogP contribution in [-0.2, 0) is 11.3 Å². The summed E-state index contributed by atoms with van der Waals surface area (Å²) in [4.78, 5) is 31.7. The van der Waals surface area contributed by atoms with Crippen molar-refractivity contribution in [3.63, 3.8) is 0 Å². The van der Waals surface area contributed by atoms with Crippen molar-refractivity contribution in [1.82, 2.24) is 15.3 Å². The Bertz CT molecular complexity index is 875. The van der Waals surface area contributed by atoms with Crippen molar-refractivity contribution in [1.29, 1.82) is 0 Å². The second kappa shape index (κ2) is 7.93. The van der Waals surface area contributed by atoms with E-state index < -0.39 is 5.97 Å². The van der Waals surface area contributed by atoms with Crippen LogP contribution in [0.4, 0.5) is 11.5 Å². The second-order valence-electron chi connectivity index (χ2n) is 5.24. The number of anilines is 2. The van der Waals surface area contributed by atoms with Gasteiger partial charge in [0.2, 0.25) is 0 Å². The van der Waals surface area contributed by atoms with E-state index in [1.165, 1.54) is 19.5 Å². The van der Waals surface area contributed by atoms with E-state index in [0.717, 1.165) is 5.69 Å². The molecule has 0 fully saturated rings. The number of methoxy groups -OCH3 is 1. The molecule has 0 atom stereocenters. The summed E-state index contributed by atoms with van der Waals surface area (Å²) in [6, 6.07) is 10.2. The van der Waals surface area contributed by atoms with Gasteiger partial charge in [0.25, 0.3) is 5.91 Å². The number of nitrogens with one attached hydrogen (secondary N) is 2. The standard InChI is InChI=1S/C18H16N4O4/c1-25-18(24)12-4-6-13(7-5-12)22-16-11-19-15(10-20-16)17(23)21-9-14-3-2-8-26-14/h2-8,10-11H,9H2,1H3,(H,20,22)(H,21,23). The van der Waals surface area contributed by atoms with Crippen LogP contribution in [0.25, 0.3) is 0 Å². The first-order chi connectivity index (χ1) is 12.7. The highest BCUT2D eigenvalue weighted by atomic mass is 16.5. The first-order valence-corrected chi connectivity index (χ1v) is 7.74. The SMILES string of the molecule is COC(=O)c1ccc(Nc2cnc(C(=O)NCc3ccco3)cn2)cc1. The molecule has 2 heterocycles. The van der Waals surface area contributed by atoms with E-state index >= 15 is 0 Å². The van der Waals surface area contributed by atoms with Crippen molar-refractivity contribution >= 4 is 23.4 Å². The molecule has 132 valence electrons. The Kier molecular flexibility index (Phi) is 5.23. The van der Waals surface area contributed by atoms with Crippen LogP contribution >= 0.6 is 0 Å². The van der Waals surface area contributed by atoms with Crippen LogP contribution in [0, 0.1) is 0 Å². The number of hydrogen-bond donors (Lipinski definition) is 2. The molecule has 0 aliphatic heterocycles. The lowest BCUT2D eigenvalue weighted by Crippen LogP contribution is -2.23. The molecular formula is C18H16N4O4. The van der Waals surface area contributed by atoms with Gasteiger partial charge in [-0.1, -0.05) is 0 Å². The van der Waals surface area contributed by atoms with E-state index in [1.807, 2.05) is 0 Å². The van der Waals surface area contributed by atoms with Gasteiger partial charge < -0.3 is 19.8 Å². The Morgan fingerprint density at radius 3 is 2.54 bits per heavy atom. The highest BCUT2D eigenvalue weighted by Crippen LogP contribution is 2.15. The van der Waals surface area contributed by atoms with Gasteiger partial charge in [-0.05, 0) is 36.4 Å². The molecule has 3 rings (SSSR count). The molecule has 0 saturated carbocycles. The number of carbonyl (C=O) groups excluding carboxylic acids is 2. The minimum absolute atomic E-state index is 0.197.